The van der Waals surface area contributed by atoms with Crippen LogP contribution in [0, 0.1) is 5.92 Å². The van der Waals surface area contributed by atoms with Crippen LogP contribution in [-0.2, 0) is 4.79 Å². The molecule has 0 radical (unpaired) electrons. The Kier molecular flexibility index (Phi) is 3.89. The van der Waals surface area contributed by atoms with Gasteiger partial charge in [0.25, 0.3) is 0 Å². The van der Waals surface area contributed by atoms with Crippen LogP contribution < -0.4 is 5.73 Å². The number of carbonyl (C=O) groups is 1. The standard InChI is InChI=1S/C10H20N2O2/c1-7-3-4-12(8(2)10(13)14)9(5-7)6-11/h7-9H,3-6,11H2,1-2H3,(H,13,14). The molecule has 0 amide bonds. The van der Waals surface area contributed by atoms with E-state index in [9.17, 15) is 4.79 Å². The van der Waals surface area contributed by atoms with Gasteiger partial charge in [-0.25, -0.2) is 0 Å². The summed E-state index contributed by atoms with van der Waals surface area (Å²) in [5, 5.41) is 8.93. The normalized spacial score (nSPS) is 31.4. The maximum atomic E-state index is 10.9. The SMILES string of the molecule is CC1CCN(C(C)C(=O)O)C(CN)C1. The maximum absolute atomic E-state index is 10.9. The zero-order chi connectivity index (χ0) is 10.7. The maximum Gasteiger partial charge on any atom is 0.320 e. The number of rotatable bonds is 3. The summed E-state index contributed by atoms with van der Waals surface area (Å²) in [6, 6.07) is -0.166. The van der Waals surface area contributed by atoms with E-state index in [4.69, 9.17) is 10.8 Å². The van der Waals surface area contributed by atoms with Gasteiger partial charge in [0.15, 0.2) is 0 Å². The molecule has 0 spiro atoms. The van der Waals surface area contributed by atoms with Gasteiger partial charge < -0.3 is 10.8 Å². The molecule has 0 aromatic rings. The first-order chi connectivity index (χ1) is 6.56. The molecule has 1 aliphatic heterocycles. The quantitative estimate of drug-likeness (QED) is 0.697. The van der Waals surface area contributed by atoms with E-state index in [-0.39, 0.29) is 6.04 Å². The third-order valence-corrected chi connectivity index (χ3v) is 3.15. The molecule has 82 valence electrons. The molecule has 1 fully saturated rings. The van der Waals surface area contributed by atoms with Crippen molar-refractivity contribution in [1.29, 1.82) is 0 Å². The van der Waals surface area contributed by atoms with Crippen molar-refractivity contribution in [3.8, 4) is 0 Å². The molecule has 4 heteroatoms. The second-order valence-corrected chi connectivity index (χ2v) is 4.27. The van der Waals surface area contributed by atoms with Crippen LogP contribution in [0.2, 0.25) is 0 Å². The number of likely N-dealkylation sites (tertiary alicyclic amines) is 1. The molecule has 0 aliphatic carbocycles. The van der Waals surface area contributed by atoms with Gasteiger partial charge in [-0.2, -0.15) is 0 Å². The van der Waals surface area contributed by atoms with Crippen LogP contribution >= 0.6 is 0 Å². The molecular formula is C10H20N2O2. The van der Waals surface area contributed by atoms with Crippen LogP contribution in [-0.4, -0.2) is 41.1 Å². The number of nitrogens with two attached hydrogens (primary N) is 1. The van der Waals surface area contributed by atoms with Crippen molar-refractivity contribution >= 4 is 5.97 Å². The predicted octanol–water partition coefficient (Wildman–Crippen LogP) is 0.519. The summed E-state index contributed by atoms with van der Waals surface area (Å²) in [6.07, 6.45) is 2.10. The highest BCUT2D eigenvalue weighted by Gasteiger charge is 2.31. The molecule has 1 heterocycles. The highest BCUT2D eigenvalue weighted by Crippen LogP contribution is 2.23. The number of aliphatic carboxylic acids is 1. The van der Waals surface area contributed by atoms with E-state index in [2.05, 4.69) is 6.92 Å². The van der Waals surface area contributed by atoms with Crippen molar-refractivity contribution in [3.63, 3.8) is 0 Å². The lowest BCUT2D eigenvalue weighted by atomic mass is 9.91. The number of carboxylic acids is 1. The van der Waals surface area contributed by atoms with Gasteiger partial charge in [0.1, 0.15) is 6.04 Å². The van der Waals surface area contributed by atoms with Crippen molar-refractivity contribution in [2.24, 2.45) is 11.7 Å². The fourth-order valence-electron chi connectivity index (χ4n) is 2.15. The Morgan fingerprint density at radius 1 is 1.71 bits per heavy atom. The van der Waals surface area contributed by atoms with Gasteiger partial charge in [0.2, 0.25) is 0 Å². The molecule has 0 bridgehead atoms. The Morgan fingerprint density at radius 3 is 2.86 bits per heavy atom. The largest absolute Gasteiger partial charge is 0.480 e. The molecule has 1 rings (SSSR count). The first-order valence-corrected chi connectivity index (χ1v) is 5.24. The summed E-state index contributed by atoms with van der Waals surface area (Å²) in [6.45, 7) is 5.35. The molecule has 14 heavy (non-hydrogen) atoms. The summed E-state index contributed by atoms with van der Waals surface area (Å²) in [5.41, 5.74) is 5.66. The Bertz CT molecular complexity index is 208. The van der Waals surface area contributed by atoms with Gasteiger partial charge in [-0.3, -0.25) is 9.69 Å². The second kappa shape index (κ2) is 4.75. The van der Waals surface area contributed by atoms with Crippen molar-refractivity contribution in [3.05, 3.63) is 0 Å². The van der Waals surface area contributed by atoms with Crippen molar-refractivity contribution in [2.75, 3.05) is 13.1 Å². The summed E-state index contributed by atoms with van der Waals surface area (Å²) < 4.78 is 0. The zero-order valence-corrected chi connectivity index (χ0v) is 8.94. The van der Waals surface area contributed by atoms with Gasteiger partial charge >= 0.3 is 5.97 Å². The van der Waals surface area contributed by atoms with E-state index in [1.807, 2.05) is 4.90 Å². The van der Waals surface area contributed by atoms with E-state index < -0.39 is 12.0 Å². The van der Waals surface area contributed by atoms with Crippen LogP contribution in [0.25, 0.3) is 0 Å². The van der Waals surface area contributed by atoms with E-state index in [1.165, 1.54) is 0 Å². The summed E-state index contributed by atoms with van der Waals surface area (Å²) in [7, 11) is 0. The molecular weight excluding hydrogens is 180 g/mol. The van der Waals surface area contributed by atoms with Crippen molar-refractivity contribution in [1.82, 2.24) is 4.90 Å². The Labute approximate surface area is 85.1 Å². The fraction of sp³-hybridized carbons (Fsp3) is 0.900. The minimum Gasteiger partial charge on any atom is -0.480 e. The van der Waals surface area contributed by atoms with Crippen LogP contribution in [0.4, 0.5) is 0 Å². The topological polar surface area (TPSA) is 66.6 Å². The second-order valence-electron chi connectivity index (χ2n) is 4.27. The minimum atomic E-state index is -0.752. The summed E-state index contributed by atoms with van der Waals surface area (Å²) in [5.74, 6) is -0.0844. The first kappa shape index (κ1) is 11.5. The summed E-state index contributed by atoms with van der Waals surface area (Å²) >= 11 is 0. The predicted molar refractivity (Wildman–Crippen MR) is 55.0 cm³/mol. The van der Waals surface area contributed by atoms with Crippen LogP contribution in [0.3, 0.4) is 0 Å². The van der Waals surface area contributed by atoms with Crippen LogP contribution in [0.15, 0.2) is 0 Å². The van der Waals surface area contributed by atoms with Gasteiger partial charge in [0.05, 0.1) is 0 Å². The minimum absolute atomic E-state index is 0.241. The molecule has 0 aromatic carbocycles. The molecule has 1 saturated heterocycles. The number of piperidine rings is 1. The highest BCUT2D eigenvalue weighted by molar-refractivity contribution is 5.72. The smallest absolute Gasteiger partial charge is 0.320 e. The Morgan fingerprint density at radius 2 is 2.36 bits per heavy atom. The number of hydrogen-bond acceptors (Lipinski definition) is 3. The molecule has 4 nitrogen and oxygen atoms in total. The van der Waals surface area contributed by atoms with E-state index in [0.717, 1.165) is 19.4 Å². The lowest BCUT2D eigenvalue weighted by molar-refractivity contribution is -0.144. The lowest BCUT2D eigenvalue weighted by Gasteiger charge is -2.40. The van der Waals surface area contributed by atoms with Crippen molar-refractivity contribution in [2.45, 2.75) is 38.8 Å². The zero-order valence-electron chi connectivity index (χ0n) is 8.94. The third-order valence-electron chi connectivity index (χ3n) is 3.15. The fourth-order valence-corrected chi connectivity index (χ4v) is 2.15. The number of nitrogens with zero attached hydrogens (tertiary/aromatic N) is 1. The average molecular weight is 200 g/mol. The molecule has 0 saturated carbocycles. The average Bonchev–Trinajstić information content (AvgIpc) is 2.16. The van der Waals surface area contributed by atoms with Gasteiger partial charge in [0, 0.05) is 12.6 Å². The first-order valence-electron chi connectivity index (χ1n) is 5.24. The molecule has 0 aromatic heterocycles. The van der Waals surface area contributed by atoms with Gasteiger partial charge in [-0.15, -0.1) is 0 Å². The van der Waals surface area contributed by atoms with E-state index in [1.54, 1.807) is 6.92 Å². The highest BCUT2D eigenvalue weighted by atomic mass is 16.4. The molecule has 1 aliphatic rings. The molecule has 3 atom stereocenters. The number of hydrogen-bond donors (Lipinski definition) is 2. The summed E-state index contributed by atoms with van der Waals surface area (Å²) in [4.78, 5) is 12.9. The Balaban J connectivity index is 2.62. The van der Waals surface area contributed by atoms with E-state index in [0.29, 0.717) is 12.5 Å². The van der Waals surface area contributed by atoms with Crippen LogP contribution in [0.5, 0.6) is 0 Å². The van der Waals surface area contributed by atoms with Gasteiger partial charge in [-0.05, 0) is 32.2 Å². The van der Waals surface area contributed by atoms with Gasteiger partial charge in [-0.1, -0.05) is 6.92 Å². The molecule has 3 N–H and O–H groups in total. The lowest BCUT2D eigenvalue weighted by Crippen LogP contribution is -2.52. The number of carboxylic acid groups (broad SMARTS) is 1. The van der Waals surface area contributed by atoms with E-state index >= 15 is 0 Å². The monoisotopic (exact) mass is 200 g/mol. The van der Waals surface area contributed by atoms with Crippen molar-refractivity contribution < 1.29 is 9.90 Å². The van der Waals surface area contributed by atoms with Crippen LogP contribution in [0.1, 0.15) is 26.7 Å². The Hall–Kier alpha value is -0.610. The molecule has 3 unspecified atom stereocenters. The third kappa shape index (κ3) is 2.45.